The van der Waals surface area contributed by atoms with Crippen LogP contribution in [0.25, 0.3) is 0 Å². The SMILES string of the molecule is CO/C(O)=C1\C=CC=C1I. The molecule has 1 rings (SSSR count). The molecule has 0 heterocycles. The summed E-state index contributed by atoms with van der Waals surface area (Å²) in [6.45, 7) is 0. The summed E-state index contributed by atoms with van der Waals surface area (Å²) < 4.78 is 5.64. The molecule has 0 saturated carbocycles. The van der Waals surface area contributed by atoms with E-state index in [0.29, 0.717) is 0 Å². The van der Waals surface area contributed by atoms with Gasteiger partial charge in [-0.2, -0.15) is 0 Å². The molecule has 0 atom stereocenters. The van der Waals surface area contributed by atoms with E-state index in [1.807, 2.05) is 12.2 Å². The van der Waals surface area contributed by atoms with Crippen molar-refractivity contribution in [2.24, 2.45) is 0 Å². The first-order valence-electron chi connectivity index (χ1n) is 2.77. The van der Waals surface area contributed by atoms with E-state index in [4.69, 9.17) is 5.11 Å². The summed E-state index contributed by atoms with van der Waals surface area (Å²) in [5.74, 6) is -0.0191. The molecule has 1 aliphatic rings. The largest absolute Gasteiger partial charge is 0.481 e. The average Bonchev–Trinajstić information content (AvgIpc) is 2.34. The zero-order chi connectivity index (χ0) is 7.56. The predicted octanol–water partition coefficient (Wildman–Crippen LogP) is 2.29. The number of ether oxygens (including phenoxy) is 1. The minimum absolute atomic E-state index is 0.0191. The second-order valence-corrected chi connectivity index (χ2v) is 2.96. The highest BCUT2D eigenvalue weighted by Gasteiger charge is 2.08. The second kappa shape index (κ2) is 3.09. The third-order valence-corrected chi connectivity index (χ3v) is 2.13. The molecule has 10 heavy (non-hydrogen) atoms. The van der Waals surface area contributed by atoms with Crippen LogP contribution in [-0.4, -0.2) is 12.2 Å². The summed E-state index contributed by atoms with van der Waals surface area (Å²) in [5, 5.41) is 9.09. The maximum absolute atomic E-state index is 9.09. The van der Waals surface area contributed by atoms with Crippen molar-refractivity contribution in [2.45, 2.75) is 0 Å². The Morgan fingerprint density at radius 1 is 1.70 bits per heavy atom. The van der Waals surface area contributed by atoms with Gasteiger partial charge in [-0.3, -0.25) is 0 Å². The summed E-state index contributed by atoms with van der Waals surface area (Å²) in [6.07, 6.45) is 5.58. The van der Waals surface area contributed by atoms with Gasteiger partial charge in [-0.15, -0.1) is 0 Å². The van der Waals surface area contributed by atoms with Crippen LogP contribution in [-0.2, 0) is 4.74 Å². The van der Waals surface area contributed by atoms with Crippen LogP contribution in [0, 0.1) is 0 Å². The lowest BCUT2D eigenvalue weighted by Gasteiger charge is -2.00. The number of aliphatic hydroxyl groups is 1. The Labute approximate surface area is 73.0 Å². The second-order valence-electron chi connectivity index (χ2n) is 1.80. The van der Waals surface area contributed by atoms with E-state index in [9.17, 15) is 0 Å². The van der Waals surface area contributed by atoms with Crippen molar-refractivity contribution in [3.63, 3.8) is 0 Å². The Hall–Kier alpha value is -0.450. The predicted molar refractivity (Wildman–Crippen MR) is 47.9 cm³/mol. The molecule has 3 heteroatoms. The molecule has 0 saturated heterocycles. The Morgan fingerprint density at radius 2 is 2.40 bits per heavy atom. The van der Waals surface area contributed by atoms with Crippen LogP contribution in [0.15, 0.2) is 33.3 Å². The molecular weight excluding hydrogens is 243 g/mol. The average molecular weight is 250 g/mol. The van der Waals surface area contributed by atoms with E-state index in [1.54, 1.807) is 6.08 Å². The minimum atomic E-state index is -0.0191. The first kappa shape index (κ1) is 7.65. The van der Waals surface area contributed by atoms with Gasteiger partial charge in [0, 0.05) is 3.58 Å². The van der Waals surface area contributed by atoms with Crippen LogP contribution in [0.4, 0.5) is 0 Å². The zero-order valence-electron chi connectivity index (χ0n) is 5.47. The highest BCUT2D eigenvalue weighted by molar-refractivity contribution is 14.1. The van der Waals surface area contributed by atoms with E-state index in [1.165, 1.54) is 7.11 Å². The van der Waals surface area contributed by atoms with E-state index >= 15 is 0 Å². The molecule has 0 aromatic heterocycles. The molecule has 1 aliphatic carbocycles. The molecule has 0 aromatic rings. The number of aliphatic hydroxyl groups excluding tert-OH is 1. The summed E-state index contributed by atoms with van der Waals surface area (Å²) in [4.78, 5) is 0. The normalized spacial score (nSPS) is 20.8. The minimum Gasteiger partial charge on any atom is -0.481 e. The maximum atomic E-state index is 9.09. The topological polar surface area (TPSA) is 29.5 Å². The highest BCUT2D eigenvalue weighted by atomic mass is 127. The molecular formula is C7H7IO2. The van der Waals surface area contributed by atoms with Crippen LogP contribution in [0.5, 0.6) is 0 Å². The van der Waals surface area contributed by atoms with Crippen molar-refractivity contribution in [3.05, 3.63) is 33.3 Å². The number of hydrogen-bond donors (Lipinski definition) is 1. The Morgan fingerprint density at radius 3 is 2.80 bits per heavy atom. The van der Waals surface area contributed by atoms with Crippen LogP contribution in [0.3, 0.4) is 0 Å². The van der Waals surface area contributed by atoms with Crippen LogP contribution >= 0.6 is 22.6 Å². The van der Waals surface area contributed by atoms with Crippen molar-refractivity contribution in [2.75, 3.05) is 7.11 Å². The van der Waals surface area contributed by atoms with Crippen LogP contribution < -0.4 is 0 Å². The van der Waals surface area contributed by atoms with Gasteiger partial charge >= 0.3 is 0 Å². The molecule has 0 aromatic carbocycles. The van der Waals surface area contributed by atoms with E-state index in [-0.39, 0.29) is 5.95 Å². The smallest absolute Gasteiger partial charge is 0.285 e. The number of methoxy groups -OCH3 is 1. The monoisotopic (exact) mass is 250 g/mol. The molecule has 0 fully saturated rings. The van der Waals surface area contributed by atoms with Gasteiger partial charge in [-0.05, 0) is 34.7 Å². The maximum Gasteiger partial charge on any atom is 0.285 e. The lowest BCUT2D eigenvalue weighted by atomic mass is 10.3. The van der Waals surface area contributed by atoms with Crippen molar-refractivity contribution in [1.29, 1.82) is 0 Å². The highest BCUT2D eigenvalue weighted by Crippen LogP contribution is 2.26. The fourth-order valence-electron chi connectivity index (χ4n) is 0.682. The fraction of sp³-hybridized carbons (Fsp3) is 0.143. The third kappa shape index (κ3) is 1.34. The molecule has 54 valence electrons. The van der Waals surface area contributed by atoms with E-state index in [2.05, 4.69) is 27.3 Å². The van der Waals surface area contributed by atoms with Crippen molar-refractivity contribution in [3.8, 4) is 0 Å². The number of allylic oxidation sites excluding steroid dienone is 5. The molecule has 0 radical (unpaired) electrons. The van der Waals surface area contributed by atoms with Gasteiger partial charge in [0.2, 0.25) is 0 Å². The number of hydrogen-bond acceptors (Lipinski definition) is 2. The van der Waals surface area contributed by atoms with Gasteiger partial charge in [0.15, 0.2) is 0 Å². The zero-order valence-corrected chi connectivity index (χ0v) is 7.62. The molecule has 1 N–H and O–H groups in total. The van der Waals surface area contributed by atoms with Crippen LogP contribution in [0.2, 0.25) is 0 Å². The van der Waals surface area contributed by atoms with Gasteiger partial charge in [-0.1, -0.05) is 6.08 Å². The number of halogens is 1. The van der Waals surface area contributed by atoms with Gasteiger partial charge in [0.25, 0.3) is 5.95 Å². The van der Waals surface area contributed by atoms with E-state index < -0.39 is 0 Å². The van der Waals surface area contributed by atoms with Crippen molar-refractivity contribution >= 4 is 22.6 Å². The molecule has 0 aliphatic heterocycles. The number of rotatable bonds is 1. The van der Waals surface area contributed by atoms with Crippen molar-refractivity contribution in [1.82, 2.24) is 0 Å². The first-order chi connectivity index (χ1) is 4.75. The van der Waals surface area contributed by atoms with Gasteiger partial charge < -0.3 is 9.84 Å². The summed E-state index contributed by atoms with van der Waals surface area (Å²) in [6, 6.07) is 0. The first-order valence-corrected chi connectivity index (χ1v) is 3.85. The lowest BCUT2D eigenvalue weighted by molar-refractivity contribution is 0.133. The fourth-order valence-corrected chi connectivity index (χ4v) is 1.30. The lowest BCUT2D eigenvalue weighted by Crippen LogP contribution is -1.88. The Bertz CT molecular complexity index is 226. The Balaban J connectivity index is 2.93. The third-order valence-electron chi connectivity index (χ3n) is 1.19. The molecule has 0 unspecified atom stereocenters. The molecule has 0 amide bonds. The van der Waals surface area contributed by atoms with E-state index in [0.717, 1.165) is 9.15 Å². The summed E-state index contributed by atoms with van der Waals surface area (Å²) >= 11 is 2.13. The quantitative estimate of drug-likeness (QED) is 0.571. The van der Waals surface area contributed by atoms with Gasteiger partial charge in [-0.25, -0.2) is 0 Å². The van der Waals surface area contributed by atoms with Crippen LogP contribution in [0.1, 0.15) is 0 Å². The summed E-state index contributed by atoms with van der Waals surface area (Å²) in [7, 11) is 1.44. The van der Waals surface area contributed by atoms with Gasteiger partial charge in [0.1, 0.15) is 0 Å². The summed E-state index contributed by atoms with van der Waals surface area (Å²) in [5.41, 5.74) is 0.753. The molecule has 0 bridgehead atoms. The van der Waals surface area contributed by atoms with Crippen molar-refractivity contribution < 1.29 is 9.84 Å². The Kier molecular flexibility index (Phi) is 2.37. The molecule has 2 nitrogen and oxygen atoms in total. The standard InChI is InChI=1S/C7H7IO2/c1-10-7(9)5-3-2-4-6(5)8/h2-4,9H,1H3/b7-5+. The molecule has 0 spiro atoms. The van der Waals surface area contributed by atoms with Gasteiger partial charge in [0.05, 0.1) is 12.7 Å².